The van der Waals surface area contributed by atoms with E-state index in [4.69, 9.17) is 17.3 Å². The Hall–Kier alpha value is -2.21. The molecule has 1 aliphatic rings. The zero-order valence-corrected chi connectivity index (χ0v) is 14.6. The molecule has 0 unspecified atom stereocenters. The van der Waals surface area contributed by atoms with Gasteiger partial charge in [0.05, 0.1) is 5.56 Å². The first kappa shape index (κ1) is 18.6. The molecule has 26 heavy (non-hydrogen) atoms. The molecule has 138 valence electrons. The minimum Gasteiger partial charge on any atom is -0.351 e. The highest BCUT2D eigenvalue weighted by atomic mass is 35.5. The zero-order valence-electron chi connectivity index (χ0n) is 13.8. The molecule has 0 aromatic heterocycles. The number of hydrogen-bond donors (Lipinski definition) is 1. The van der Waals surface area contributed by atoms with Crippen LogP contribution in [-0.2, 0) is 12.7 Å². The third-order valence-electron chi connectivity index (χ3n) is 4.79. The van der Waals surface area contributed by atoms with E-state index in [2.05, 4.69) is 0 Å². The van der Waals surface area contributed by atoms with E-state index in [0.29, 0.717) is 16.5 Å². The SMILES string of the molecule is NC(=O)N(Cc1cccc(C(F)(F)F)c1)C1CC(c2ccc(Cl)cc2)C1. The molecule has 1 aliphatic carbocycles. The van der Waals surface area contributed by atoms with E-state index in [9.17, 15) is 18.0 Å². The number of primary amides is 1. The van der Waals surface area contributed by atoms with E-state index in [1.807, 2.05) is 24.3 Å². The van der Waals surface area contributed by atoms with Gasteiger partial charge in [0.15, 0.2) is 0 Å². The van der Waals surface area contributed by atoms with Gasteiger partial charge in [-0.2, -0.15) is 13.2 Å². The van der Waals surface area contributed by atoms with Crippen LogP contribution in [0.1, 0.15) is 35.4 Å². The molecule has 0 heterocycles. The van der Waals surface area contributed by atoms with Crippen molar-refractivity contribution in [3.8, 4) is 0 Å². The molecule has 0 atom stereocenters. The van der Waals surface area contributed by atoms with Gasteiger partial charge in [0.25, 0.3) is 0 Å². The summed E-state index contributed by atoms with van der Waals surface area (Å²) in [6, 6.07) is 11.8. The number of urea groups is 1. The number of carbonyl (C=O) groups excluding carboxylic acids is 1. The number of carbonyl (C=O) groups is 1. The number of hydrogen-bond acceptors (Lipinski definition) is 1. The molecule has 0 radical (unpaired) electrons. The second kappa shape index (κ2) is 7.19. The van der Waals surface area contributed by atoms with Crippen molar-refractivity contribution >= 4 is 17.6 Å². The smallest absolute Gasteiger partial charge is 0.351 e. The maximum absolute atomic E-state index is 12.9. The van der Waals surface area contributed by atoms with Gasteiger partial charge in [-0.1, -0.05) is 35.9 Å². The maximum atomic E-state index is 12.9. The van der Waals surface area contributed by atoms with Crippen LogP contribution < -0.4 is 5.73 Å². The molecule has 2 amide bonds. The Balaban J connectivity index is 1.68. The van der Waals surface area contributed by atoms with Crippen LogP contribution >= 0.6 is 11.6 Å². The Labute approximate surface area is 154 Å². The molecule has 2 N–H and O–H groups in total. The van der Waals surface area contributed by atoms with Crippen molar-refractivity contribution in [2.24, 2.45) is 5.73 Å². The Kier molecular flexibility index (Phi) is 5.14. The van der Waals surface area contributed by atoms with Crippen LogP contribution in [0.2, 0.25) is 5.02 Å². The number of alkyl halides is 3. The lowest BCUT2D eigenvalue weighted by molar-refractivity contribution is -0.137. The number of nitrogens with two attached hydrogens (primary N) is 1. The lowest BCUT2D eigenvalue weighted by atomic mass is 9.75. The van der Waals surface area contributed by atoms with Gasteiger partial charge in [0.2, 0.25) is 0 Å². The molecular formula is C19H18ClF3N2O. The highest BCUT2D eigenvalue weighted by Gasteiger charge is 2.36. The van der Waals surface area contributed by atoms with Gasteiger partial charge >= 0.3 is 12.2 Å². The molecule has 7 heteroatoms. The number of halogens is 4. The summed E-state index contributed by atoms with van der Waals surface area (Å²) in [5.41, 5.74) is 6.28. The second-order valence-corrected chi connectivity index (χ2v) is 6.97. The van der Waals surface area contributed by atoms with E-state index in [0.717, 1.165) is 30.5 Å². The van der Waals surface area contributed by atoms with Crippen molar-refractivity contribution in [3.63, 3.8) is 0 Å². The van der Waals surface area contributed by atoms with Crippen molar-refractivity contribution < 1.29 is 18.0 Å². The van der Waals surface area contributed by atoms with Gasteiger partial charge < -0.3 is 10.6 Å². The van der Waals surface area contributed by atoms with Gasteiger partial charge in [0, 0.05) is 17.6 Å². The summed E-state index contributed by atoms with van der Waals surface area (Å²) in [7, 11) is 0. The minimum atomic E-state index is -4.41. The summed E-state index contributed by atoms with van der Waals surface area (Å²) in [5, 5.41) is 0.660. The number of benzene rings is 2. The second-order valence-electron chi connectivity index (χ2n) is 6.54. The molecule has 0 saturated heterocycles. The largest absolute Gasteiger partial charge is 0.416 e. The average Bonchev–Trinajstić information content (AvgIpc) is 2.53. The van der Waals surface area contributed by atoms with Crippen LogP contribution in [-0.4, -0.2) is 17.0 Å². The van der Waals surface area contributed by atoms with Gasteiger partial charge in [0.1, 0.15) is 0 Å². The van der Waals surface area contributed by atoms with Crippen molar-refractivity contribution in [3.05, 3.63) is 70.2 Å². The van der Waals surface area contributed by atoms with E-state index in [1.54, 1.807) is 6.07 Å². The maximum Gasteiger partial charge on any atom is 0.416 e. The molecule has 0 spiro atoms. The van der Waals surface area contributed by atoms with E-state index in [-0.39, 0.29) is 12.6 Å². The molecule has 1 saturated carbocycles. The summed E-state index contributed by atoms with van der Waals surface area (Å²) >= 11 is 5.88. The zero-order chi connectivity index (χ0) is 18.9. The Morgan fingerprint density at radius 3 is 2.38 bits per heavy atom. The van der Waals surface area contributed by atoms with Crippen molar-refractivity contribution in [1.82, 2.24) is 4.90 Å². The van der Waals surface area contributed by atoms with Crippen LogP contribution in [0.4, 0.5) is 18.0 Å². The molecule has 0 aliphatic heterocycles. The summed E-state index contributed by atoms with van der Waals surface area (Å²) in [6.07, 6.45) is -2.96. The normalized spacial score (nSPS) is 19.7. The van der Waals surface area contributed by atoms with Crippen molar-refractivity contribution in [2.45, 2.75) is 37.5 Å². The molecule has 0 bridgehead atoms. The van der Waals surface area contributed by atoms with Crippen LogP contribution in [0, 0.1) is 0 Å². The predicted octanol–water partition coefficient (Wildman–Crippen LogP) is 5.19. The van der Waals surface area contributed by atoms with E-state index in [1.165, 1.54) is 11.0 Å². The highest BCUT2D eigenvalue weighted by molar-refractivity contribution is 6.30. The Morgan fingerprint density at radius 1 is 1.15 bits per heavy atom. The third kappa shape index (κ3) is 4.12. The first-order valence-corrected chi connectivity index (χ1v) is 8.59. The van der Waals surface area contributed by atoms with Gasteiger partial charge in [-0.05, 0) is 54.2 Å². The van der Waals surface area contributed by atoms with Crippen molar-refractivity contribution in [1.29, 1.82) is 0 Å². The molecule has 3 nitrogen and oxygen atoms in total. The quantitative estimate of drug-likeness (QED) is 0.777. The van der Waals surface area contributed by atoms with Crippen LogP contribution in [0.25, 0.3) is 0 Å². The summed E-state index contributed by atoms with van der Waals surface area (Å²) in [6.45, 7) is 0.0667. The number of rotatable bonds is 4. The number of nitrogens with zero attached hydrogens (tertiary/aromatic N) is 1. The fourth-order valence-electron chi connectivity index (χ4n) is 3.28. The molecule has 1 fully saturated rings. The molecule has 3 rings (SSSR count). The Bertz CT molecular complexity index is 786. The standard InChI is InChI=1S/C19H18ClF3N2O/c20-16-6-4-13(5-7-16)14-9-17(10-14)25(18(24)26)11-12-2-1-3-15(8-12)19(21,22)23/h1-8,14,17H,9-11H2,(H2,24,26). The third-order valence-corrected chi connectivity index (χ3v) is 5.04. The molecule has 2 aromatic rings. The van der Waals surface area contributed by atoms with Crippen molar-refractivity contribution in [2.75, 3.05) is 0 Å². The molecular weight excluding hydrogens is 365 g/mol. The van der Waals surface area contributed by atoms with Gasteiger partial charge in [-0.3, -0.25) is 0 Å². The predicted molar refractivity (Wildman–Crippen MR) is 93.8 cm³/mol. The van der Waals surface area contributed by atoms with E-state index < -0.39 is 17.8 Å². The lowest BCUT2D eigenvalue weighted by Crippen LogP contribution is -2.48. The fraction of sp³-hybridized carbons (Fsp3) is 0.316. The minimum absolute atomic E-state index is 0.0667. The Morgan fingerprint density at radius 2 is 1.81 bits per heavy atom. The topological polar surface area (TPSA) is 46.3 Å². The van der Waals surface area contributed by atoms with E-state index >= 15 is 0 Å². The summed E-state index contributed by atoms with van der Waals surface area (Å²) in [4.78, 5) is 13.3. The summed E-state index contributed by atoms with van der Waals surface area (Å²) < 4.78 is 38.6. The van der Waals surface area contributed by atoms with Crippen LogP contribution in [0.15, 0.2) is 48.5 Å². The first-order valence-electron chi connectivity index (χ1n) is 8.21. The first-order chi connectivity index (χ1) is 12.2. The van der Waals surface area contributed by atoms with Gasteiger partial charge in [-0.15, -0.1) is 0 Å². The lowest BCUT2D eigenvalue weighted by Gasteiger charge is -2.42. The monoisotopic (exact) mass is 382 g/mol. The van der Waals surface area contributed by atoms with Crippen LogP contribution in [0.3, 0.4) is 0 Å². The number of amides is 2. The highest BCUT2D eigenvalue weighted by Crippen LogP contribution is 2.40. The average molecular weight is 383 g/mol. The van der Waals surface area contributed by atoms with Gasteiger partial charge in [-0.25, -0.2) is 4.79 Å². The van der Waals surface area contributed by atoms with Crippen LogP contribution in [0.5, 0.6) is 0 Å². The molecule has 2 aromatic carbocycles. The fourth-order valence-corrected chi connectivity index (χ4v) is 3.41. The summed E-state index contributed by atoms with van der Waals surface area (Å²) in [5.74, 6) is 0.292.